The first-order valence-electron chi connectivity index (χ1n) is 6.76. The molecule has 0 bridgehead atoms. The van der Waals surface area contributed by atoms with Gasteiger partial charge in [-0.15, -0.1) is 0 Å². The maximum absolute atomic E-state index is 8.70. The topological polar surface area (TPSA) is 70.6 Å². The number of nitrogens with zero attached hydrogens (tertiary/aromatic N) is 1. The van der Waals surface area contributed by atoms with Gasteiger partial charge in [0.25, 0.3) is 0 Å². The van der Waals surface area contributed by atoms with Crippen LogP contribution in [-0.2, 0) is 0 Å². The van der Waals surface area contributed by atoms with Crippen LogP contribution in [-0.4, -0.2) is 24.1 Å². The minimum atomic E-state index is -0.254. The number of hydrogen-bond acceptors (Lipinski definition) is 3. The van der Waals surface area contributed by atoms with Crippen LogP contribution in [0.1, 0.15) is 48.0 Å². The van der Waals surface area contributed by atoms with Gasteiger partial charge in [0.05, 0.1) is 0 Å². The quantitative estimate of drug-likeness (QED) is 0.224. The van der Waals surface area contributed by atoms with E-state index in [-0.39, 0.29) is 5.41 Å². The molecule has 1 rings (SSSR count). The third-order valence-corrected chi connectivity index (χ3v) is 5.40. The van der Waals surface area contributed by atoms with Gasteiger partial charge in [0.2, 0.25) is 0 Å². The number of hydrogen-bond donors (Lipinski definition) is 3. The zero-order valence-corrected chi connectivity index (χ0v) is 12.7. The smallest absolute Gasteiger partial charge is 0.144 e. The van der Waals surface area contributed by atoms with Gasteiger partial charge in [-0.1, -0.05) is 46.7 Å². The van der Waals surface area contributed by atoms with Gasteiger partial charge in [-0.3, -0.25) is 0 Å². The van der Waals surface area contributed by atoms with E-state index in [0.29, 0.717) is 16.7 Å². The average Bonchev–Trinajstić information content (AvgIpc) is 2.64. The Hall–Kier alpha value is -0.770. The molecule has 4 nitrogen and oxygen atoms in total. The third-order valence-electron chi connectivity index (χ3n) is 5.40. The van der Waals surface area contributed by atoms with E-state index in [9.17, 15) is 0 Å². The first kappa shape index (κ1) is 15.3. The lowest BCUT2D eigenvalue weighted by atomic mass is 9.88. The Balaban J connectivity index is 2.29. The Bertz CT molecular complexity index is 318. The maximum Gasteiger partial charge on any atom is 0.144 e. The average molecular weight is 255 g/mol. The van der Waals surface area contributed by atoms with Crippen molar-refractivity contribution in [2.24, 2.45) is 33.1 Å². The minimum absolute atomic E-state index is 0.254. The molecule has 1 fully saturated rings. The molecule has 4 heteroatoms. The van der Waals surface area contributed by atoms with Gasteiger partial charge in [-0.25, -0.2) is 0 Å². The standard InChI is InChI=1S/C14H29N3O/c1-12(2,11(15)17-18)7-8-16-9-10-13(3,4)14(10,5)6/h10,16,18H,7-9H2,1-6H3,(H2,15,17). The molecule has 4 N–H and O–H groups in total. The van der Waals surface area contributed by atoms with Gasteiger partial charge in [-0.05, 0) is 36.3 Å². The van der Waals surface area contributed by atoms with Crippen LogP contribution in [0.2, 0.25) is 0 Å². The molecular formula is C14H29N3O. The first-order chi connectivity index (χ1) is 8.07. The Morgan fingerprint density at radius 2 is 1.78 bits per heavy atom. The summed E-state index contributed by atoms with van der Waals surface area (Å²) in [5, 5.41) is 15.3. The Morgan fingerprint density at radius 3 is 2.17 bits per heavy atom. The van der Waals surface area contributed by atoms with Crippen LogP contribution in [0.3, 0.4) is 0 Å². The summed E-state index contributed by atoms with van der Waals surface area (Å²) in [5.74, 6) is 1.04. The van der Waals surface area contributed by atoms with Crippen molar-refractivity contribution in [3.05, 3.63) is 0 Å². The van der Waals surface area contributed by atoms with Crippen molar-refractivity contribution in [3.8, 4) is 0 Å². The van der Waals surface area contributed by atoms with Crippen LogP contribution >= 0.6 is 0 Å². The number of oxime groups is 1. The van der Waals surface area contributed by atoms with E-state index in [1.54, 1.807) is 0 Å². The van der Waals surface area contributed by atoms with E-state index in [4.69, 9.17) is 10.9 Å². The summed E-state index contributed by atoms with van der Waals surface area (Å²) in [5.41, 5.74) is 6.27. The summed E-state index contributed by atoms with van der Waals surface area (Å²) >= 11 is 0. The monoisotopic (exact) mass is 255 g/mol. The van der Waals surface area contributed by atoms with Crippen LogP contribution in [0.5, 0.6) is 0 Å². The van der Waals surface area contributed by atoms with Crippen molar-refractivity contribution < 1.29 is 5.21 Å². The molecule has 0 aliphatic heterocycles. The summed E-state index contributed by atoms with van der Waals surface area (Å²) in [4.78, 5) is 0. The van der Waals surface area contributed by atoms with Gasteiger partial charge in [-0.2, -0.15) is 0 Å². The van der Waals surface area contributed by atoms with Gasteiger partial charge in [0.15, 0.2) is 0 Å². The Labute approximate surface area is 111 Å². The molecule has 0 saturated heterocycles. The fourth-order valence-corrected chi connectivity index (χ4v) is 2.75. The van der Waals surface area contributed by atoms with E-state index in [1.807, 2.05) is 13.8 Å². The fraction of sp³-hybridized carbons (Fsp3) is 0.929. The van der Waals surface area contributed by atoms with Crippen molar-refractivity contribution in [3.63, 3.8) is 0 Å². The SMILES string of the molecule is CC(C)(CCNCC1C(C)(C)C1(C)C)C(N)=NO. The largest absolute Gasteiger partial charge is 0.409 e. The van der Waals surface area contributed by atoms with E-state index in [0.717, 1.165) is 25.4 Å². The molecular weight excluding hydrogens is 226 g/mol. The maximum atomic E-state index is 8.70. The van der Waals surface area contributed by atoms with Crippen LogP contribution in [0.25, 0.3) is 0 Å². The lowest BCUT2D eigenvalue weighted by Crippen LogP contribution is -2.35. The van der Waals surface area contributed by atoms with E-state index in [2.05, 4.69) is 38.2 Å². The van der Waals surface area contributed by atoms with Crippen molar-refractivity contribution in [1.29, 1.82) is 0 Å². The molecule has 0 aromatic heterocycles. The van der Waals surface area contributed by atoms with Crippen LogP contribution in [0, 0.1) is 22.2 Å². The van der Waals surface area contributed by atoms with Crippen LogP contribution in [0.4, 0.5) is 0 Å². The van der Waals surface area contributed by atoms with E-state index >= 15 is 0 Å². The molecule has 1 aliphatic rings. The van der Waals surface area contributed by atoms with Gasteiger partial charge >= 0.3 is 0 Å². The predicted octanol–water partition coefficient (Wildman–Crippen LogP) is 2.42. The molecule has 106 valence electrons. The highest BCUT2D eigenvalue weighted by molar-refractivity contribution is 5.85. The highest BCUT2D eigenvalue weighted by atomic mass is 16.4. The summed E-state index contributed by atoms with van der Waals surface area (Å²) in [6, 6.07) is 0. The van der Waals surface area contributed by atoms with Crippen molar-refractivity contribution in [1.82, 2.24) is 5.32 Å². The van der Waals surface area contributed by atoms with Gasteiger partial charge < -0.3 is 16.3 Å². The normalized spacial score (nSPS) is 23.1. The van der Waals surface area contributed by atoms with Crippen molar-refractivity contribution in [2.75, 3.05) is 13.1 Å². The fourth-order valence-electron chi connectivity index (χ4n) is 2.75. The summed E-state index contributed by atoms with van der Waals surface area (Å²) < 4.78 is 0. The molecule has 0 aromatic carbocycles. The Kier molecular flexibility index (Phi) is 4.01. The molecule has 0 spiro atoms. The van der Waals surface area contributed by atoms with E-state index < -0.39 is 0 Å². The zero-order valence-electron chi connectivity index (χ0n) is 12.7. The molecule has 0 amide bonds. The number of amidine groups is 1. The molecule has 18 heavy (non-hydrogen) atoms. The van der Waals surface area contributed by atoms with Crippen LogP contribution in [0.15, 0.2) is 5.16 Å². The number of nitrogens with two attached hydrogens (primary N) is 1. The second kappa shape index (κ2) is 4.72. The molecule has 0 radical (unpaired) electrons. The van der Waals surface area contributed by atoms with Crippen molar-refractivity contribution >= 4 is 5.84 Å². The lowest BCUT2D eigenvalue weighted by Gasteiger charge is -2.22. The predicted molar refractivity (Wildman–Crippen MR) is 75.7 cm³/mol. The van der Waals surface area contributed by atoms with E-state index in [1.165, 1.54) is 0 Å². The molecule has 0 unspecified atom stereocenters. The summed E-state index contributed by atoms with van der Waals surface area (Å²) in [7, 11) is 0. The number of rotatable bonds is 6. The highest BCUT2D eigenvalue weighted by Crippen LogP contribution is 2.67. The minimum Gasteiger partial charge on any atom is -0.409 e. The molecule has 0 aromatic rings. The summed E-state index contributed by atoms with van der Waals surface area (Å²) in [6.45, 7) is 15.3. The molecule has 1 saturated carbocycles. The lowest BCUT2D eigenvalue weighted by molar-refractivity contribution is 0.304. The highest BCUT2D eigenvalue weighted by Gasteiger charge is 2.63. The van der Waals surface area contributed by atoms with Crippen LogP contribution < -0.4 is 11.1 Å². The molecule has 1 aliphatic carbocycles. The Morgan fingerprint density at radius 1 is 1.28 bits per heavy atom. The zero-order chi connectivity index (χ0) is 14.2. The second-order valence-corrected chi connectivity index (χ2v) is 7.32. The van der Waals surface area contributed by atoms with Crippen molar-refractivity contribution in [2.45, 2.75) is 48.0 Å². The third kappa shape index (κ3) is 2.63. The molecule has 0 atom stereocenters. The molecule has 0 heterocycles. The van der Waals surface area contributed by atoms with Gasteiger partial charge in [0.1, 0.15) is 5.84 Å². The number of nitrogens with one attached hydrogen (secondary N) is 1. The van der Waals surface area contributed by atoms with Gasteiger partial charge in [0, 0.05) is 5.41 Å². The second-order valence-electron chi connectivity index (χ2n) is 7.32. The summed E-state index contributed by atoms with van der Waals surface area (Å²) in [6.07, 6.45) is 0.871. The first-order valence-corrected chi connectivity index (χ1v) is 6.76.